The molecule has 0 amide bonds. The number of hydrogen-bond acceptors (Lipinski definition) is 7. The van der Waals surface area contributed by atoms with Crippen LogP contribution < -0.4 is 24.7 Å². The summed E-state index contributed by atoms with van der Waals surface area (Å²) < 4.78 is 26.5. The molecule has 0 radical (unpaired) electrons. The van der Waals surface area contributed by atoms with E-state index in [-0.39, 0.29) is 16.6 Å². The second kappa shape index (κ2) is 19.9. The predicted octanol–water partition coefficient (Wildman–Crippen LogP) is 11.1. The van der Waals surface area contributed by atoms with E-state index < -0.39 is 0 Å². The van der Waals surface area contributed by atoms with E-state index in [2.05, 4.69) is 140 Å². The minimum atomic E-state index is -0.220. The maximum absolute atomic E-state index is 11.4. The summed E-state index contributed by atoms with van der Waals surface area (Å²) in [7, 11) is 0. The lowest BCUT2D eigenvalue weighted by atomic mass is 9.79. The molecule has 318 valence electrons. The van der Waals surface area contributed by atoms with Crippen LogP contribution in [0.5, 0.6) is 28.7 Å². The molecular weight excluding hydrogens is 745 g/mol. The number of ether oxygens (including phenoxy) is 4. The molecule has 0 spiro atoms. The van der Waals surface area contributed by atoms with Crippen molar-refractivity contribution in [3.8, 4) is 28.7 Å². The molecule has 6 rings (SSSR count). The smallest absolute Gasteiger partial charge is 0.128 e. The van der Waals surface area contributed by atoms with Gasteiger partial charge in [-0.2, -0.15) is 0 Å². The molecule has 0 aliphatic heterocycles. The molecular formula is C53H66N2O5. The van der Waals surface area contributed by atoms with E-state index in [1.54, 1.807) is 6.21 Å². The first-order valence-corrected chi connectivity index (χ1v) is 21.8. The molecule has 5 aromatic rings. The molecule has 5 aromatic carbocycles. The zero-order valence-corrected chi connectivity index (χ0v) is 37.3. The summed E-state index contributed by atoms with van der Waals surface area (Å²) in [6, 6.07) is 30.0. The third-order valence-electron chi connectivity index (χ3n) is 11.0. The molecule has 60 heavy (non-hydrogen) atoms. The molecule has 1 aliphatic carbocycles. The number of fused-ring (bicyclic) bond motifs is 8. The van der Waals surface area contributed by atoms with E-state index in [4.69, 9.17) is 29.7 Å². The van der Waals surface area contributed by atoms with Crippen LogP contribution in [-0.4, -0.2) is 50.8 Å². The van der Waals surface area contributed by atoms with Crippen LogP contribution >= 0.6 is 0 Å². The van der Waals surface area contributed by atoms with E-state index >= 15 is 0 Å². The Bertz CT molecular complexity index is 2160. The van der Waals surface area contributed by atoms with E-state index in [0.717, 1.165) is 91.5 Å². The van der Waals surface area contributed by atoms with Gasteiger partial charge in [0, 0.05) is 49.6 Å². The van der Waals surface area contributed by atoms with Crippen molar-refractivity contribution in [2.24, 2.45) is 10.7 Å². The first kappa shape index (κ1) is 44.3. The fourth-order valence-corrected chi connectivity index (χ4v) is 7.92. The number of hydrogen-bond donors (Lipinski definition) is 2. The second-order valence-corrected chi connectivity index (χ2v) is 18.0. The van der Waals surface area contributed by atoms with Gasteiger partial charge in [-0.3, -0.25) is 4.99 Å². The highest BCUT2D eigenvalue weighted by atomic mass is 16.5. The number of benzene rings is 5. The van der Waals surface area contributed by atoms with E-state index in [0.29, 0.717) is 65.2 Å². The van der Waals surface area contributed by atoms with Gasteiger partial charge in [0.25, 0.3) is 0 Å². The van der Waals surface area contributed by atoms with Crippen molar-refractivity contribution < 1.29 is 24.1 Å². The Hall–Kier alpha value is -5.27. The van der Waals surface area contributed by atoms with Crippen LogP contribution in [0.2, 0.25) is 0 Å². The largest absolute Gasteiger partial charge is 0.507 e. The topological polar surface area (TPSA) is 95.5 Å². The van der Waals surface area contributed by atoms with Crippen molar-refractivity contribution in [3.05, 3.63) is 146 Å². The maximum atomic E-state index is 11.4. The van der Waals surface area contributed by atoms with Gasteiger partial charge in [0.2, 0.25) is 0 Å². The Morgan fingerprint density at radius 2 is 0.917 bits per heavy atom. The third-order valence-corrected chi connectivity index (χ3v) is 11.0. The number of phenols is 1. The average molecular weight is 811 g/mol. The molecule has 0 saturated carbocycles. The first-order chi connectivity index (χ1) is 28.8. The summed E-state index contributed by atoms with van der Waals surface area (Å²) in [5, 5.41) is 11.4. The first-order valence-electron chi connectivity index (χ1n) is 21.8. The fourth-order valence-electron chi connectivity index (χ4n) is 7.92. The van der Waals surface area contributed by atoms with Gasteiger partial charge in [0.05, 0.1) is 19.8 Å². The monoisotopic (exact) mass is 810 g/mol. The highest BCUT2D eigenvalue weighted by Crippen LogP contribution is 2.40. The number of rotatable bonds is 14. The maximum Gasteiger partial charge on any atom is 0.128 e. The van der Waals surface area contributed by atoms with Gasteiger partial charge in [0.15, 0.2) is 0 Å². The van der Waals surface area contributed by atoms with Gasteiger partial charge < -0.3 is 29.8 Å². The summed E-state index contributed by atoms with van der Waals surface area (Å²) in [4.78, 5) is 4.82. The summed E-state index contributed by atoms with van der Waals surface area (Å²) in [5.41, 5.74) is 17.3. The molecule has 0 atom stereocenters. The number of para-hydroxylation sites is 4. The Balaban J connectivity index is 1.42. The van der Waals surface area contributed by atoms with Crippen molar-refractivity contribution in [1.29, 1.82) is 0 Å². The van der Waals surface area contributed by atoms with Gasteiger partial charge in [-0.05, 0) is 79.8 Å². The van der Waals surface area contributed by atoms with Crippen LogP contribution in [0.15, 0.2) is 89.9 Å². The lowest BCUT2D eigenvalue weighted by molar-refractivity contribution is 0.308. The molecule has 0 unspecified atom stereocenters. The summed E-state index contributed by atoms with van der Waals surface area (Å²) in [6.07, 6.45) is 6.13. The molecule has 1 aliphatic rings. The number of aliphatic imine (C=N–C) groups is 1. The second-order valence-electron chi connectivity index (χ2n) is 18.0. The number of aromatic hydroxyl groups is 1. The molecule has 0 fully saturated rings. The van der Waals surface area contributed by atoms with Crippen molar-refractivity contribution in [2.45, 2.75) is 105 Å². The molecule has 0 saturated heterocycles. The van der Waals surface area contributed by atoms with Crippen molar-refractivity contribution in [3.63, 3.8) is 0 Å². The zero-order chi connectivity index (χ0) is 42.9. The highest BCUT2D eigenvalue weighted by molar-refractivity contribution is 5.85. The van der Waals surface area contributed by atoms with Crippen LogP contribution in [0.4, 0.5) is 0 Å². The SMILES string of the molecule is CCCOc1c2cccc1Cc1cccc(c1OCCN=Cc1cc(C(C)(C)C)cc(C(C)(C)C)c1O)Cc1cccc(c1OCCC)Cc1cccc(c1OCCN)C2. The zero-order valence-electron chi connectivity index (χ0n) is 37.3. The molecule has 7 heteroatoms. The molecule has 0 aromatic heterocycles. The van der Waals surface area contributed by atoms with Gasteiger partial charge in [-0.1, -0.05) is 134 Å². The highest BCUT2D eigenvalue weighted by Gasteiger charge is 2.25. The lowest BCUT2D eigenvalue weighted by Crippen LogP contribution is -2.17. The standard InChI is InChI=1S/C53H66N2O5/c1-9-25-57-48-36-15-11-17-38(48)31-42-21-14-22-43(51(42)60-28-24-55-35-44-33-45(52(3,4)5)34-46(47(44)56)53(6,7)8)32-39-18-12-16-37(49(39)58-26-10-2)30-41-20-13-19-40(29-36)50(41)59-27-23-54/h11-22,33-35,56H,9-10,23-32,54H2,1-8H3. The van der Waals surface area contributed by atoms with Crippen LogP contribution in [0, 0.1) is 0 Å². The summed E-state index contributed by atoms with van der Waals surface area (Å²) >= 11 is 0. The normalized spacial score (nSPS) is 13.0. The number of nitrogens with two attached hydrogens (primary N) is 1. The summed E-state index contributed by atoms with van der Waals surface area (Å²) in [5.74, 6) is 3.84. The van der Waals surface area contributed by atoms with Crippen LogP contribution in [0.1, 0.15) is 129 Å². The Labute approximate surface area is 359 Å². The van der Waals surface area contributed by atoms with Gasteiger partial charge >= 0.3 is 0 Å². The van der Waals surface area contributed by atoms with Gasteiger partial charge in [0.1, 0.15) is 42.0 Å². The molecule has 0 heterocycles. The van der Waals surface area contributed by atoms with Gasteiger partial charge in [-0.25, -0.2) is 0 Å². The van der Waals surface area contributed by atoms with Crippen LogP contribution in [0.3, 0.4) is 0 Å². The Morgan fingerprint density at radius 3 is 1.25 bits per heavy atom. The van der Waals surface area contributed by atoms with E-state index in [1.807, 2.05) is 0 Å². The molecule has 7 nitrogen and oxygen atoms in total. The predicted molar refractivity (Wildman–Crippen MR) is 247 cm³/mol. The number of nitrogens with zero attached hydrogens (tertiary/aromatic N) is 1. The molecule has 3 N–H and O–H groups in total. The minimum Gasteiger partial charge on any atom is -0.507 e. The van der Waals surface area contributed by atoms with Crippen molar-refractivity contribution >= 4 is 6.21 Å². The van der Waals surface area contributed by atoms with Crippen LogP contribution in [-0.2, 0) is 36.5 Å². The summed E-state index contributed by atoms with van der Waals surface area (Å²) in [6.45, 7) is 20.1. The quantitative estimate of drug-likeness (QED) is 0.0840. The number of phenolic OH excluding ortho intramolecular Hbond substituents is 1. The Kier molecular flexibility index (Phi) is 14.7. The van der Waals surface area contributed by atoms with Crippen molar-refractivity contribution in [1.82, 2.24) is 0 Å². The minimum absolute atomic E-state index is 0.0786. The van der Waals surface area contributed by atoms with E-state index in [9.17, 15) is 5.11 Å². The van der Waals surface area contributed by atoms with Gasteiger partial charge in [-0.15, -0.1) is 0 Å². The average Bonchev–Trinajstić information content (AvgIpc) is 3.20. The van der Waals surface area contributed by atoms with E-state index in [1.165, 1.54) is 5.56 Å². The third kappa shape index (κ3) is 10.7. The van der Waals surface area contributed by atoms with Crippen LogP contribution in [0.25, 0.3) is 0 Å². The fraction of sp³-hybridized carbons (Fsp3) is 0.415. The lowest BCUT2D eigenvalue weighted by Gasteiger charge is -2.27. The van der Waals surface area contributed by atoms with Crippen molar-refractivity contribution in [2.75, 3.05) is 39.5 Å². The molecule has 8 bridgehead atoms. The Morgan fingerprint density at radius 1 is 0.550 bits per heavy atom.